The van der Waals surface area contributed by atoms with E-state index in [1.807, 2.05) is 6.92 Å². The topological polar surface area (TPSA) is 107 Å². The van der Waals surface area contributed by atoms with E-state index in [1.54, 1.807) is 0 Å². The maximum absolute atomic E-state index is 12.1. The molecule has 2 atom stereocenters. The number of hydroxylamine groups is 2. The van der Waals surface area contributed by atoms with Gasteiger partial charge in [0.05, 0.1) is 6.04 Å². The van der Waals surface area contributed by atoms with Crippen molar-refractivity contribution >= 4 is 17.8 Å². The number of piperidine rings is 1. The van der Waals surface area contributed by atoms with Gasteiger partial charge in [-0.25, -0.2) is 20.7 Å². The van der Waals surface area contributed by atoms with Gasteiger partial charge in [-0.05, 0) is 19.3 Å². The Balaban J connectivity index is 2.08. The number of hydrogen-bond donors (Lipinski definition) is 2. The van der Waals surface area contributed by atoms with Crippen molar-refractivity contribution < 1.29 is 19.6 Å². The summed E-state index contributed by atoms with van der Waals surface area (Å²) in [6, 6.07) is -1.63. The summed E-state index contributed by atoms with van der Waals surface area (Å²) in [7, 11) is 0. The van der Waals surface area contributed by atoms with Crippen LogP contribution in [0.25, 0.3) is 0 Å². The molecule has 19 heavy (non-hydrogen) atoms. The predicted octanol–water partition coefficient (Wildman–Crippen LogP) is -0.327. The highest BCUT2D eigenvalue weighted by atomic mass is 16.5. The lowest BCUT2D eigenvalue weighted by Gasteiger charge is -2.31. The number of nitrogens with zero attached hydrogens (tertiary/aromatic N) is 3. The molecule has 0 spiro atoms. The van der Waals surface area contributed by atoms with E-state index in [1.165, 1.54) is 4.90 Å². The molecule has 0 aromatic heterocycles. The minimum absolute atomic E-state index is 0.192. The molecular formula is C11H18N4O4. The summed E-state index contributed by atoms with van der Waals surface area (Å²) < 4.78 is 0. The lowest BCUT2D eigenvalue weighted by Crippen LogP contribution is -2.55. The largest absolute Gasteiger partial charge is 0.344 e. The molecule has 8 heteroatoms. The molecule has 0 radical (unpaired) electrons. The minimum atomic E-state index is -0.758. The Labute approximate surface area is 110 Å². The predicted molar refractivity (Wildman–Crippen MR) is 63.5 cm³/mol. The summed E-state index contributed by atoms with van der Waals surface area (Å²) in [5.41, 5.74) is 0. The van der Waals surface area contributed by atoms with Crippen LogP contribution in [-0.2, 0) is 9.59 Å². The number of rotatable bonds is 3. The monoisotopic (exact) mass is 270 g/mol. The lowest BCUT2D eigenvalue weighted by atomic mass is 10.00. The lowest BCUT2D eigenvalue weighted by molar-refractivity contribution is -0.148. The molecule has 2 rings (SSSR count). The number of nitrogens with two attached hydrogens (primary N) is 1. The number of urea groups is 1. The first kappa shape index (κ1) is 13.8. The SMILES string of the molecule is CCCC(=O)N(N)C(=O)[C@H]1CC[C@H]2CN1C(=O)N2O. The fourth-order valence-electron chi connectivity index (χ4n) is 2.53. The second-order valence-electron chi connectivity index (χ2n) is 4.88. The number of amides is 4. The van der Waals surface area contributed by atoms with E-state index < -0.39 is 23.9 Å². The van der Waals surface area contributed by atoms with E-state index in [0.717, 1.165) is 0 Å². The smallest absolute Gasteiger partial charge is 0.309 e. The highest BCUT2D eigenvalue weighted by molar-refractivity contribution is 5.98. The van der Waals surface area contributed by atoms with Gasteiger partial charge in [0, 0.05) is 13.0 Å². The highest BCUT2D eigenvalue weighted by Crippen LogP contribution is 2.29. The number of fused-ring (bicyclic) bond motifs is 2. The van der Waals surface area contributed by atoms with Crippen LogP contribution in [0.4, 0.5) is 4.79 Å². The van der Waals surface area contributed by atoms with Crippen molar-refractivity contribution in [1.29, 1.82) is 0 Å². The van der Waals surface area contributed by atoms with Crippen LogP contribution in [0.1, 0.15) is 32.6 Å². The summed E-state index contributed by atoms with van der Waals surface area (Å²) >= 11 is 0. The van der Waals surface area contributed by atoms with Crippen LogP contribution in [0.15, 0.2) is 0 Å². The summed E-state index contributed by atoms with van der Waals surface area (Å²) in [4.78, 5) is 36.7. The average Bonchev–Trinajstić information content (AvgIpc) is 2.63. The molecule has 8 nitrogen and oxygen atoms in total. The Kier molecular flexibility index (Phi) is 3.72. The van der Waals surface area contributed by atoms with Gasteiger partial charge in [0.1, 0.15) is 6.04 Å². The second-order valence-corrected chi connectivity index (χ2v) is 4.88. The number of hydrazine groups is 1. The maximum atomic E-state index is 12.1. The van der Waals surface area contributed by atoms with Crippen molar-refractivity contribution in [1.82, 2.24) is 15.0 Å². The Hall–Kier alpha value is -1.67. The summed E-state index contributed by atoms with van der Waals surface area (Å²) in [6.07, 6.45) is 1.71. The summed E-state index contributed by atoms with van der Waals surface area (Å²) in [6.45, 7) is 2.11. The third kappa shape index (κ3) is 2.28. The van der Waals surface area contributed by atoms with Crippen LogP contribution in [0, 0.1) is 0 Å². The Morgan fingerprint density at radius 1 is 1.47 bits per heavy atom. The average molecular weight is 270 g/mol. The van der Waals surface area contributed by atoms with Gasteiger partial charge in [0.2, 0.25) is 5.91 Å². The molecule has 2 aliphatic heterocycles. The van der Waals surface area contributed by atoms with E-state index in [9.17, 15) is 19.6 Å². The first-order valence-electron chi connectivity index (χ1n) is 6.37. The number of hydrogen-bond acceptors (Lipinski definition) is 5. The van der Waals surface area contributed by atoms with Crippen molar-refractivity contribution in [2.75, 3.05) is 6.54 Å². The quantitative estimate of drug-likeness (QED) is 0.316. The van der Waals surface area contributed by atoms with Gasteiger partial charge in [-0.15, -0.1) is 0 Å². The number of carbonyl (C=O) groups excluding carboxylic acids is 3. The van der Waals surface area contributed by atoms with Crippen LogP contribution in [0.5, 0.6) is 0 Å². The first-order chi connectivity index (χ1) is 8.97. The van der Waals surface area contributed by atoms with E-state index in [2.05, 4.69) is 0 Å². The van der Waals surface area contributed by atoms with Gasteiger partial charge in [-0.2, -0.15) is 0 Å². The van der Waals surface area contributed by atoms with Gasteiger partial charge in [-0.1, -0.05) is 6.92 Å². The fraction of sp³-hybridized carbons (Fsp3) is 0.727. The Morgan fingerprint density at radius 2 is 2.16 bits per heavy atom. The van der Waals surface area contributed by atoms with Crippen molar-refractivity contribution in [2.45, 2.75) is 44.7 Å². The molecule has 0 saturated carbocycles. The first-order valence-corrected chi connectivity index (χ1v) is 6.37. The third-order valence-electron chi connectivity index (χ3n) is 3.60. The van der Waals surface area contributed by atoms with E-state index in [4.69, 9.17) is 5.84 Å². The van der Waals surface area contributed by atoms with Crippen LogP contribution < -0.4 is 5.84 Å². The molecule has 2 saturated heterocycles. The zero-order valence-electron chi connectivity index (χ0n) is 10.8. The molecule has 2 fully saturated rings. The molecule has 0 aliphatic carbocycles. The summed E-state index contributed by atoms with van der Waals surface area (Å²) in [5.74, 6) is 4.47. The van der Waals surface area contributed by atoms with E-state index in [0.29, 0.717) is 35.9 Å². The molecule has 106 valence electrons. The standard InChI is InChI=1S/C11H18N4O4/c1-2-3-9(16)14(12)10(17)8-5-4-7-6-13(8)11(18)15(7)19/h7-8,19H,2-6,12H2,1H3/t7-,8+/m0/s1. The van der Waals surface area contributed by atoms with Crippen molar-refractivity contribution in [2.24, 2.45) is 5.84 Å². The second kappa shape index (κ2) is 5.14. The maximum Gasteiger partial charge on any atom is 0.344 e. The van der Waals surface area contributed by atoms with Gasteiger partial charge in [0.25, 0.3) is 5.91 Å². The Bertz CT molecular complexity index is 413. The fourth-order valence-corrected chi connectivity index (χ4v) is 2.53. The molecule has 0 aromatic carbocycles. The molecule has 2 bridgehead atoms. The zero-order chi connectivity index (χ0) is 14.2. The minimum Gasteiger partial charge on any atom is -0.309 e. The van der Waals surface area contributed by atoms with Crippen LogP contribution >= 0.6 is 0 Å². The Morgan fingerprint density at radius 3 is 2.79 bits per heavy atom. The van der Waals surface area contributed by atoms with Gasteiger partial charge < -0.3 is 4.90 Å². The highest BCUT2D eigenvalue weighted by Gasteiger charge is 2.47. The van der Waals surface area contributed by atoms with Crippen LogP contribution in [-0.4, -0.2) is 56.7 Å². The van der Waals surface area contributed by atoms with E-state index >= 15 is 0 Å². The molecular weight excluding hydrogens is 252 g/mol. The molecule has 0 aromatic rings. The zero-order valence-corrected chi connectivity index (χ0v) is 10.8. The number of imide groups is 1. The normalized spacial score (nSPS) is 25.7. The van der Waals surface area contributed by atoms with Crippen LogP contribution in [0.2, 0.25) is 0 Å². The molecule has 0 unspecified atom stereocenters. The number of carbonyl (C=O) groups is 3. The van der Waals surface area contributed by atoms with Gasteiger partial charge in [-0.3, -0.25) is 14.8 Å². The molecule has 3 N–H and O–H groups in total. The third-order valence-corrected chi connectivity index (χ3v) is 3.60. The van der Waals surface area contributed by atoms with Crippen molar-refractivity contribution in [3.8, 4) is 0 Å². The summed E-state index contributed by atoms with van der Waals surface area (Å²) in [5, 5.41) is 10.8. The molecule has 2 aliphatic rings. The van der Waals surface area contributed by atoms with Crippen molar-refractivity contribution in [3.05, 3.63) is 0 Å². The van der Waals surface area contributed by atoms with Gasteiger partial charge >= 0.3 is 6.03 Å². The van der Waals surface area contributed by atoms with E-state index in [-0.39, 0.29) is 12.5 Å². The molecule has 4 amide bonds. The van der Waals surface area contributed by atoms with Crippen LogP contribution in [0.3, 0.4) is 0 Å². The van der Waals surface area contributed by atoms with Crippen molar-refractivity contribution in [3.63, 3.8) is 0 Å². The van der Waals surface area contributed by atoms with Gasteiger partial charge in [0.15, 0.2) is 0 Å². The molecule has 2 heterocycles.